The smallest absolute Gasteiger partial charge is 0.726 e. The first-order valence-electron chi connectivity index (χ1n) is 15.1. The van der Waals surface area contributed by atoms with Gasteiger partial charge in [-0.15, -0.1) is 0 Å². The van der Waals surface area contributed by atoms with E-state index in [4.69, 9.17) is 8.37 Å². The van der Waals surface area contributed by atoms with Crippen molar-refractivity contribution in [1.29, 1.82) is 0 Å². The summed E-state index contributed by atoms with van der Waals surface area (Å²) in [6.45, 7) is 8.58. The van der Waals surface area contributed by atoms with Gasteiger partial charge in [-0.1, -0.05) is 40.5 Å². The van der Waals surface area contributed by atoms with E-state index in [1.807, 2.05) is 6.92 Å². The van der Waals surface area contributed by atoms with Crippen molar-refractivity contribution >= 4 is 31.2 Å². The Morgan fingerprint density at radius 3 is 1.89 bits per heavy atom. The number of hydrogen-bond acceptors (Lipinski definition) is 12. The average Bonchev–Trinajstić information content (AvgIpc) is 3.18. The normalized spacial score (nSPS) is 37.8. The number of hydrogen-bond donors (Lipinski definition) is 0. The predicted molar refractivity (Wildman–Crippen MR) is 148 cm³/mol. The van der Waals surface area contributed by atoms with E-state index in [0.717, 1.165) is 57.8 Å². The van der Waals surface area contributed by atoms with Crippen molar-refractivity contribution < 1.29 is 140 Å². The fraction of sp³-hybridized carbons (Fsp3) is 1.00. The Hall–Kier alpha value is 2.61. The summed E-state index contributed by atoms with van der Waals surface area (Å²) in [7, 11) is -14.9. The average molecular weight is 727 g/mol. The molecule has 12 nitrogen and oxygen atoms in total. The molecule has 4 fully saturated rings. The molecule has 18 heteroatoms. The van der Waals surface area contributed by atoms with Crippen LogP contribution < -0.4 is 88.7 Å². The molecule has 11 atom stereocenters. The molecule has 3 unspecified atom stereocenters. The van der Waals surface area contributed by atoms with Crippen molar-refractivity contribution in [3.8, 4) is 0 Å². The molecule has 0 N–H and O–H groups in total. The monoisotopic (exact) mass is 726 g/mol. The first-order valence-corrected chi connectivity index (χ1v) is 19.1. The SMILES string of the molecule is CC(CCC[C@@H](C)[C@H]1CC[C@H]2C3CCC4C[C@H](OS(=O)(=O)[O-])[C@@H](OS(=O)(=O)[O-])C[C@]4(C)[C@H]3CC[C@]12C)COS(=O)(=O)[O-].[Na+].[Na+].[Na+]. The van der Waals surface area contributed by atoms with Crippen LogP contribution in [0.1, 0.15) is 98.3 Å². The van der Waals surface area contributed by atoms with Crippen molar-refractivity contribution in [2.24, 2.45) is 52.3 Å². The van der Waals surface area contributed by atoms with Gasteiger partial charge in [-0.25, -0.2) is 25.3 Å². The fourth-order valence-electron chi connectivity index (χ4n) is 9.98. The molecule has 0 amide bonds. The first kappa shape index (κ1) is 45.6. The molecule has 0 spiro atoms. The van der Waals surface area contributed by atoms with E-state index in [9.17, 15) is 38.9 Å². The van der Waals surface area contributed by atoms with Gasteiger partial charge in [-0.05, 0) is 110 Å². The van der Waals surface area contributed by atoms with Crippen LogP contribution in [0.15, 0.2) is 0 Å². The van der Waals surface area contributed by atoms with Crippen LogP contribution in [-0.2, 0) is 43.7 Å². The van der Waals surface area contributed by atoms with Crippen molar-refractivity contribution in [1.82, 2.24) is 0 Å². The summed E-state index contributed by atoms with van der Waals surface area (Å²) in [6, 6.07) is 0. The quantitative estimate of drug-likeness (QED) is 0.106. The maximum absolute atomic E-state index is 11.5. The van der Waals surface area contributed by atoms with Gasteiger partial charge in [0, 0.05) is 0 Å². The molecule has 0 aromatic heterocycles. The zero-order valence-electron chi connectivity index (χ0n) is 27.8. The zero-order chi connectivity index (χ0) is 31.3. The predicted octanol–water partition coefficient (Wildman–Crippen LogP) is -5.12. The molecule has 0 heterocycles. The summed E-state index contributed by atoms with van der Waals surface area (Å²) in [5.41, 5.74) is -0.230. The van der Waals surface area contributed by atoms with E-state index in [2.05, 4.69) is 25.0 Å². The molecule has 45 heavy (non-hydrogen) atoms. The molecule has 4 rings (SSSR count). The van der Waals surface area contributed by atoms with Gasteiger partial charge in [0.1, 0.15) is 12.2 Å². The maximum Gasteiger partial charge on any atom is 1.00 e. The second kappa shape index (κ2) is 17.4. The topological polar surface area (TPSA) is 199 Å². The minimum Gasteiger partial charge on any atom is -0.726 e. The Bertz CT molecular complexity index is 1300. The van der Waals surface area contributed by atoms with E-state index >= 15 is 0 Å². The molecule has 4 aliphatic carbocycles. The second-order valence-electron chi connectivity index (χ2n) is 14.1. The molecule has 246 valence electrons. The maximum atomic E-state index is 11.5. The number of rotatable bonds is 12. The summed E-state index contributed by atoms with van der Waals surface area (Å²) >= 11 is 0. The van der Waals surface area contributed by atoms with E-state index in [1.165, 1.54) is 0 Å². The van der Waals surface area contributed by atoms with Crippen molar-refractivity contribution in [2.45, 2.75) is 111 Å². The van der Waals surface area contributed by atoms with Gasteiger partial charge < -0.3 is 13.7 Å². The van der Waals surface area contributed by atoms with Gasteiger partial charge in [-0.3, -0.25) is 12.5 Å². The largest absolute Gasteiger partial charge is 1.00 e. The summed E-state index contributed by atoms with van der Waals surface area (Å²) in [5, 5.41) is 0. The van der Waals surface area contributed by atoms with Gasteiger partial charge in [0.15, 0.2) is 0 Å². The Balaban J connectivity index is 0.00000337. The Kier molecular flexibility index (Phi) is 17.7. The summed E-state index contributed by atoms with van der Waals surface area (Å²) in [6.07, 6.45) is 6.29. The van der Waals surface area contributed by atoms with Crippen LogP contribution in [0.5, 0.6) is 0 Å². The van der Waals surface area contributed by atoms with Gasteiger partial charge in [0.25, 0.3) is 0 Å². The van der Waals surface area contributed by atoms with Crippen LogP contribution in [0.4, 0.5) is 0 Å². The van der Waals surface area contributed by atoms with Crippen LogP contribution in [0.2, 0.25) is 0 Å². The fourth-order valence-corrected chi connectivity index (χ4v) is 11.4. The van der Waals surface area contributed by atoms with Crippen LogP contribution in [0, 0.1) is 52.3 Å². The third kappa shape index (κ3) is 11.6. The van der Waals surface area contributed by atoms with Gasteiger partial charge in [0.05, 0.1) is 6.61 Å². The molecule has 0 aromatic carbocycles. The molecular formula is C27H45Na3O12S3. The minimum atomic E-state index is -5.14. The van der Waals surface area contributed by atoms with Gasteiger partial charge >= 0.3 is 88.7 Å². The van der Waals surface area contributed by atoms with Gasteiger partial charge in [0.2, 0.25) is 31.2 Å². The second-order valence-corrected chi connectivity index (χ2v) is 17.2. The van der Waals surface area contributed by atoms with E-state index in [1.54, 1.807) is 0 Å². The molecule has 4 aliphatic rings. The number of fused-ring (bicyclic) bond motifs is 5. The molecule has 0 saturated heterocycles. The third-order valence-corrected chi connectivity index (χ3v) is 13.1. The van der Waals surface area contributed by atoms with Crippen LogP contribution in [0.25, 0.3) is 0 Å². The van der Waals surface area contributed by atoms with E-state index < -0.39 is 43.4 Å². The minimum absolute atomic E-state index is 0. The van der Waals surface area contributed by atoms with Crippen molar-refractivity contribution in [2.75, 3.05) is 6.61 Å². The molecule has 0 radical (unpaired) electrons. The molecule has 0 aliphatic heterocycles. The summed E-state index contributed by atoms with van der Waals surface area (Å²) in [4.78, 5) is 0. The first-order chi connectivity index (χ1) is 19.2. The molecule has 4 saturated carbocycles. The van der Waals surface area contributed by atoms with Crippen molar-refractivity contribution in [3.63, 3.8) is 0 Å². The molecule has 0 bridgehead atoms. The summed E-state index contributed by atoms with van der Waals surface area (Å²) in [5.74, 6) is 2.16. The van der Waals surface area contributed by atoms with E-state index in [-0.39, 0.29) is 137 Å². The standard InChI is InChI=1S/C27H48O12S3.3Na/c1-17(16-37-40(28,29)30)6-5-7-18(2)21-10-11-22-20-9-8-19-14-24(38-41(31,32)33)25(39-42(34,35)36)15-27(19,4)23(20)12-13-26(21,22)3;;;/h17-25H,5-16H2,1-4H3,(H,28,29,30)(H,31,32,33)(H,34,35,36);;;/q;3*+1/p-3/t17?,18-,19?,20?,21-,22+,23+,24+,25+,26-,27+;;;/m1.../s1. The van der Waals surface area contributed by atoms with Crippen molar-refractivity contribution in [3.05, 3.63) is 0 Å². The zero-order valence-corrected chi connectivity index (χ0v) is 36.3. The van der Waals surface area contributed by atoms with Crippen LogP contribution in [0.3, 0.4) is 0 Å². The Morgan fingerprint density at radius 2 is 1.31 bits per heavy atom. The molecule has 0 aromatic rings. The Labute approximate surface area is 336 Å². The Morgan fingerprint density at radius 1 is 0.733 bits per heavy atom. The molecular weight excluding hydrogens is 681 g/mol. The summed E-state index contributed by atoms with van der Waals surface area (Å²) < 4.78 is 115. The van der Waals surface area contributed by atoms with E-state index in [0.29, 0.717) is 23.7 Å². The van der Waals surface area contributed by atoms with Crippen LogP contribution >= 0.6 is 0 Å². The third-order valence-electron chi connectivity index (χ3n) is 11.7. The van der Waals surface area contributed by atoms with Gasteiger partial charge in [-0.2, -0.15) is 0 Å². The van der Waals surface area contributed by atoms with Crippen LogP contribution in [-0.4, -0.2) is 57.7 Å².